The molecule has 8 heteroatoms. The van der Waals surface area contributed by atoms with Crippen LogP contribution in [0.15, 0.2) is 53.0 Å². The molecule has 2 aromatic heterocycles. The predicted molar refractivity (Wildman–Crippen MR) is 105 cm³/mol. The Bertz CT molecular complexity index is 934. The van der Waals surface area contributed by atoms with E-state index >= 15 is 0 Å². The number of benzene rings is 1. The van der Waals surface area contributed by atoms with Gasteiger partial charge in [-0.2, -0.15) is 0 Å². The summed E-state index contributed by atoms with van der Waals surface area (Å²) in [5, 5.41) is 13.8. The Morgan fingerprint density at radius 1 is 1.15 bits per heavy atom. The number of carbonyl (C=O) groups excluding carboxylic acids is 2. The van der Waals surface area contributed by atoms with Gasteiger partial charge in [-0.1, -0.05) is 36.0 Å². The molecule has 1 saturated carbocycles. The van der Waals surface area contributed by atoms with E-state index in [-0.39, 0.29) is 17.6 Å². The number of aromatic nitrogens is 3. The van der Waals surface area contributed by atoms with Crippen LogP contribution in [0, 0.1) is 0 Å². The Morgan fingerprint density at radius 2 is 1.96 bits per heavy atom. The van der Waals surface area contributed by atoms with Gasteiger partial charge in [-0.15, -0.1) is 21.5 Å². The fraction of sp³-hybridized carbons (Fsp3) is 0.263. The Balaban J connectivity index is 1.38. The molecule has 3 aromatic rings. The van der Waals surface area contributed by atoms with Crippen LogP contribution < -0.4 is 5.32 Å². The second kappa shape index (κ2) is 8.06. The molecule has 1 fully saturated rings. The van der Waals surface area contributed by atoms with Crippen LogP contribution in [0.25, 0.3) is 0 Å². The van der Waals surface area contributed by atoms with Gasteiger partial charge in [-0.05, 0) is 36.4 Å². The zero-order valence-corrected chi connectivity index (χ0v) is 16.1. The molecule has 0 aliphatic heterocycles. The molecule has 6 nitrogen and oxygen atoms in total. The smallest absolute Gasteiger partial charge is 0.257 e. The Hall–Kier alpha value is -2.45. The minimum Gasteiger partial charge on any atom is -0.303 e. The van der Waals surface area contributed by atoms with Crippen molar-refractivity contribution in [3.8, 4) is 0 Å². The molecule has 1 N–H and O–H groups in total. The number of nitrogens with zero attached hydrogens (tertiary/aromatic N) is 3. The number of imide groups is 1. The monoisotopic (exact) mass is 398 g/mol. The van der Waals surface area contributed by atoms with E-state index in [0.29, 0.717) is 11.6 Å². The van der Waals surface area contributed by atoms with E-state index in [0.717, 1.165) is 30.2 Å². The number of hydrogen-bond acceptors (Lipinski definition) is 6. The van der Waals surface area contributed by atoms with E-state index in [1.807, 2.05) is 12.1 Å². The van der Waals surface area contributed by atoms with Crippen molar-refractivity contribution in [1.82, 2.24) is 20.1 Å². The molecular weight excluding hydrogens is 380 g/mol. The zero-order valence-electron chi connectivity index (χ0n) is 14.5. The van der Waals surface area contributed by atoms with Crippen LogP contribution in [0.1, 0.15) is 39.9 Å². The van der Waals surface area contributed by atoms with Crippen LogP contribution in [0.3, 0.4) is 0 Å². The van der Waals surface area contributed by atoms with Gasteiger partial charge in [-0.25, -0.2) is 0 Å². The highest BCUT2D eigenvalue weighted by Gasteiger charge is 2.30. The Labute approximate surface area is 165 Å². The van der Waals surface area contributed by atoms with Gasteiger partial charge < -0.3 is 4.57 Å². The highest BCUT2D eigenvalue weighted by Crippen LogP contribution is 2.39. The predicted octanol–water partition coefficient (Wildman–Crippen LogP) is 3.31. The van der Waals surface area contributed by atoms with Crippen molar-refractivity contribution in [2.75, 3.05) is 5.75 Å². The first kappa shape index (κ1) is 17.9. The maximum Gasteiger partial charge on any atom is 0.257 e. The molecule has 1 aromatic carbocycles. The average Bonchev–Trinajstić information content (AvgIpc) is 3.23. The van der Waals surface area contributed by atoms with E-state index < -0.39 is 0 Å². The van der Waals surface area contributed by atoms with Crippen molar-refractivity contribution < 1.29 is 9.59 Å². The van der Waals surface area contributed by atoms with E-state index in [9.17, 15) is 9.59 Å². The van der Waals surface area contributed by atoms with E-state index in [1.54, 1.807) is 35.6 Å². The van der Waals surface area contributed by atoms with Crippen molar-refractivity contribution in [3.63, 3.8) is 0 Å². The first-order chi connectivity index (χ1) is 13.2. The molecule has 0 saturated heterocycles. The van der Waals surface area contributed by atoms with E-state index in [2.05, 4.69) is 31.5 Å². The lowest BCUT2D eigenvalue weighted by Gasteiger charge is -2.08. The lowest BCUT2D eigenvalue weighted by molar-refractivity contribution is -0.117. The third-order valence-electron chi connectivity index (χ3n) is 4.18. The van der Waals surface area contributed by atoms with Crippen LogP contribution in [-0.2, 0) is 11.2 Å². The number of rotatable bonds is 7. The maximum absolute atomic E-state index is 12.2. The number of amides is 2. The third kappa shape index (κ3) is 4.45. The summed E-state index contributed by atoms with van der Waals surface area (Å²) in [6.07, 6.45) is 2.98. The van der Waals surface area contributed by atoms with Gasteiger partial charge in [-0.3, -0.25) is 14.9 Å². The van der Waals surface area contributed by atoms with Crippen LogP contribution in [0.5, 0.6) is 0 Å². The first-order valence-electron chi connectivity index (χ1n) is 8.69. The van der Waals surface area contributed by atoms with Crippen LogP contribution in [0.4, 0.5) is 0 Å². The molecule has 138 valence electrons. The second-order valence-electron chi connectivity index (χ2n) is 6.29. The summed E-state index contributed by atoms with van der Waals surface area (Å²) in [4.78, 5) is 25.5. The summed E-state index contributed by atoms with van der Waals surface area (Å²) in [7, 11) is 0. The Kier molecular flexibility index (Phi) is 5.35. The molecule has 0 unspecified atom stereocenters. The molecule has 0 atom stereocenters. The molecule has 0 radical (unpaired) electrons. The standard InChI is InChI=1S/C19H18N4O2S2/c24-17(20-18(25)13-5-2-1-3-6-13)12-27-19-22-21-16(23(19)14-8-9-14)11-15-7-4-10-26-15/h1-7,10,14H,8-9,11-12H2,(H,20,24,25). The number of nitrogens with one attached hydrogen (secondary N) is 1. The van der Waals surface area contributed by atoms with Crippen LogP contribution >= 0.6 is 23.1 Å². The quantitative estimate of drug-likeness (QED) is 0.618. The van der Waals surface area contributed by atoms with Crippen molar-refractivity contribution in [3.05, 3.63) is 64.1 Å². The topological polar surface area (TPSA) is 76.9 Å². The number of hydrogen-bond donors (Lipinski definition) is 1. The molecule has 0 spiro atoms. The van der Waals surface area contributed by atoms with Gasteiger partial charge in [0.1, 0.15) is 5.82 Å². The van der Waals surface area contributed by atoms with Gasteiger partial charge in [0, 0.05) is 22.9 Å². The first-order valence-corrected chi connectivity index (χ1v) is 10.6. The van der Waals surface area contributed by atoms with Crippen molar-refractivity contribution in [1.29, 1.82) is 0 Å². The number of thioether (sulfide) groups is 1. The minimum atomic E-state index is -0.386. The summed E-state index contributed by atoms with van der Waals surface area (Å²) in [6.45, 7) is 0. The molecule has 2 amide bonds. The minimum absolute atomic E-state index is 0.127. The summed E-state index contributed by atoms with van der Waals surface area (Å²) >= 11 is 3.02. The fourth-order valence-corrected chi connectivity index (χ4v) is 4.28. The van der Waals surface area contributed by atoms with Gasteiger partial charge in [0.05, 0.1) is 5.75 Å². The molecule has 1 aliphatic rings. The fourth-order valence-electron chi connectivity index (χ4n) is 2.75. The summed E-state index contributed by atoms with van der Waals surface area (Å²) in [5.74, 6) is 0.341. The normalized spacial score (nSPS) is 13.5. The zero-order chi connectivity index (χ0) is 18.6. The SMILES string of the molecule is O=C(CSc1nnc(Cc2cccs2)n1C1CC1)NC(=O)c1ccccc1. The second-order valence-corrected chi connectivity index (χ2v) is 8.26. The van der Waals surface area contributed by atoms with Crippen molar-refractivity contribution in [2.45, 2.75) is 30.5 Å². The molecular formula is C19H18N4O2S2. The Morgan fingerprint density at radius 3 is 2.67 bits per heavy atom. The van der Waals surface area contributed by atoms with Gasteiger partial charge in [0.2, 0.25) is 5.91 Å². The highest BCUT2D eigenvalue weighted by molar-refractivity contribution is 7.99. The van der Waals surface area contributed by atoms with Crippen molar-refractivity contribution >= 4 is 34.9 Å². The lowest BCUT2D eigenvalue weighted by atomic mass is 10.2. The molecule has 27 heavy (non-hydrogen) atoms. The summed E-state index contributed by atoms with van der Waals surface area (Å²) < 4.78 is 2.15. The van der Waals surface area contributed by atoms with Gasteiger partial charge in [0.25, 0.3) is 5.91 Å². The number of thiophene rings is 1. The van der Waals surface area contributed by atoms with E-state index in [1.165, 1.54) is 16.6 Å². The average molecular weight is 399 g/mol. The van der Waals surface area contributed by atoms with Gasteiger partial charge >= 0.3 is 0 Å². The van der Waals surface area contributed by atoms with E-state index in [4.69, 9.17) is 0 Å². The van der Waals surface area contributed by atoms with Gasteiger partial charge in [0.15, 0.2) is 5.16 Å². The van der Waals surface area contributed by atoms with Crippen LogP contribution in [0.2, 0.25) is 0 Å². The van der Waals surface area contributed by atoms with Crippen LogP contribution in [-0.4, -0.2) is 32.3 Å². The molecule has 2 heterocycles. The highest BCUT2D eigenvalue weighted by atomic mass is 32.2. The molecule has 0 bridgehead atoms. The summed E-state index contributed by atoms with van der Waals surface area (Å²) in [6, 6.07) is 13.3. The molecule has 1 aliphatic carbocycles. The summed E-state index contributed by atoms with van der Waals surface area (Å²) in [5.41, 5.74) is 0.468. The van der Waals surface area contributed by atoms with Crippen molar-refractivity contribution in [2.24, 2.45) is 0 Å². The largest absolute Gasteiger partial charge is 0.303 e. The number of carbonyl (C=O) groups is 2. The lowest BCUT2D eigenvalue weighted by Crippen LogP contribution is -2.31. The molecule has 4 rings (SSSR count). The maximum atomic E-state index is 12.2. The third-order valence-corrected chi connectivity index (χ3v) is 6.00.